The third-order valence-electron chi connectivity index (χ3n) is 3.33. The molecule has 5 nitrogen and oxygen atoms in total. The normalized spacial score (nSPS) is 20.5. The minimum Gasteiger partial charge on any atom is -0.338 e. The summed E-state index contributed by atoms with van der Waals surface area (Å²) in [6.45, 7) is 5.07. The first-order valence-corrected chi connectivity index (χ1v) is 7.01. The molecule has 0 saturated carbocycles. The number of likely N-dealkylation sites (N-methyl/N-ethyl adjacent to an activating group) is 1. The Labute approximate surface area is 109 Å². The molecule has 1 unspecified atom stereocenters. The van der Waals surface area contributed by atoms with Crippen LogP contribution in [0.3, 0.4) is 0 Å². The summed E-state index contributed by atoms with van der Waals surface area (Å²) in [6, 6.07) is 0.613. The summed E-state index contributed by atoms with van der Waals surface area (Å²) in [5.41, 5.74) is 0. The second kappa shape index (κ2) is 6.85. The van der Waals surface area contributed by atoms with E-state index in [4.69, 9.17) is 4.52 Å². The first kappa shape index (κ1) is 13.5. The summed E-state index contributed by atoms with van der Waals surface area (Å²) in [6.07, 6.45) is 5.88. The highest BCUT2D eigenvalue weighted by Gasteiger charge is 2.16. The van der Waals surface area contributed by atoms with Gasteiger partial charge in [-0.15, -0.1) is 0 Å². The molecule has 18 heavy (non-hydrogen) atoms. The van der Waals surface area contributed by atoms with Crippen molar-refractivity contribution in [2.75, 3.05) is 20.1 Å². The predicted octanol–water partition coefficient (Wildman–Crippen LogP) is 1.60. The van der Waals surface area contributed by atoms with Gasteiger partial charge in [-0.2, -0.15) is 4.98 Å². The summed E-state index contributed by atoms with van der Waals surface area (Å²) in [4.78, 5) is 6.65. The molecule has 0 amide bonds. The van der Waals surface area contributed by atoms with Crippen molar-refractivity contribution in [3.63, 3.8) is 0 Å². The van der Waals surface area contributed by atoms with E-state index < -0.39 is 0 Å². The van der Waals surface area contributed by atoms with Crippen LogP contribution in [-0.2, 0) is 13.0 Å². The number of aromatic nitrogens is 2. The molecule has 1 N–H and O–H groups in total. The van der Waals surface area contributed by atoms with Crippen molar-refractivity contribution in [2.24, 2.45) is 0 Å². The molecule has 1 aromatic heterocycles. The highest BCUT2D eigenvalue weighted by molar-refractivity contribution is 4.86. The van der Waals surface area contributed by atoms with Crippen LogP contribution in [0.2, 0.25) is 0 Å². The molecule has 5 heteroatoms. The second-order valence-corrected chi connectivity index (χ2v) is 5.20. The van der Waals surface area contributed by atoms with E-state index in [0.717, 1.165) is 44.2 Å². The van der Waals surface area contributed by atoms with Gasteiger partial charge in [0.25, 0.3) is 0 Å². The molecule has 102 valence electrons. The van der Waals surface area contributed by atoms with Crippen molar-refractivity contribution in [2.45, 2.75) is 51.6 Å². The monoisotopic (exact) mass is 252 g/mol. The summed E-state index contributed by atoms with van der Waals surface area (Å²) in [5.74, 6) is 1.56. The number of hydrogen-bond acceptors (Lipinski definition) is 5. The lowest BCUT2D eigenvalue weighted by atomic mass is 10.0. The van der Waals surface area contributed by atoms with Crippen LogP contribution in [-0.4, -0.2) is 41.2 Å². The fourth-order valence-corrected chi connectivity index (χ4v) is 2.43. The summed E-state index contributed by atoms with van der Waals surface area (Å²) in [5, 5.41) is 7.53. The SMILES string of the molecule is CCCc1noc(CN(C)CC2CCCCN2)n1. The van der Waals surface area contributed by atoms with Crippen LogP contribution in [0.4, 0.5) is 0 Å². The number of aryl methyl sites for hydroxylation is 1. The first-order chi connectivity index (χ1) is 8.78. The molecular weight excluding hydrogens is 228 g/mol. The zero-order chi connectivity index (χ0) is 12.8. The van der Waals surface area contributed by atoms with Gasteiger partial charge in [0.1, 0.15) is 0 Å². The lowest BCUT2D eigenvalue weighted by Gasteiger charge is -2.27. The van der Waals surface area contributed by atoms with Crippen molar-refractivity contribution < 1.29 is 4.52 Å². The molecule has 1 atom stereocenters. The Balaban J connectivity index is 1.76. The van der Waals surface area contributed by atoms with Crippen molar-refractivity contribution in [3.05, 3.63) is 11.7 Å². The van der Waals surface area contributed by atoms with Gasteiger partial charge in [-0.3, -0.25) is 4.90 Å². The Morgan fingerprint density at radius 2 is 2.33 bits per heavy atom. The molecule has 1 aliphatic heterocycles. The summed E-state index contributed by atoms with van der Waals surface area (Å²) in [7, 11) is 2.11. The standard InChI is InChI=1S/C13H24N4O/c1-3-6-12-15-13(18-16-12)10-17(2)9-11-7-4-5-8-14-11/h11,14H,3-10H2,1-2H3. The van der Waals surface area contributed by atoms with Crippen LogP contribution in [0.5, 0.6) is 0 Å². The molecule has 0 bridgehead atoms. The molecule has 1 fully saturated rings. The summed E-state index contributed by atoms with van der Waals surface area (Å²) < 4.78 is 5.25. The Morgan fingerprint density at radius 3 is 3.06 bits per heavy atom. The van der Waals surface area contributed by atoms with Gasteiger partial charge in [0.2, 0.25) is 5.89 Å². The van der Waals surface area contributed by atoms with E-state index in [0.29, 0.717) is 6.04 Å². The lowest BCUT2D eigenvalue weighted by molar-refractivity contribution is 0.227. The summed E-state index contributed by atoms with van der Waals surface area (Å²) >= 11 is 0. The van der Waals surface area contributed by atoms with Crippen LogP contribution >= 0.6 is 0 Å². The highest BCUT2D eigenvalue weighted by atomic mass is 16.5. The van der Waals surface area contributed by atoms with Crippen molar-refractivity contribution in [1.29, 1.82) is 0 Å². The third-order valence-corrected chi connectivity index (χ3v) is 3.33. The maximum atomic E-state index is 5.25. The Bertz CT molecular complexity index is 347. The lowest BCUT2D eigenvalue weighted by Crippen LogP contribution is -2.42. The van der Waals surface area contributed by atoms with E-state index in [9.17, 15) is 0 Å². The number of hydrogen-bond donors (Lipinski definition) is 1. The first-order valence-electron chi connectivity index (χ1n) is 7.01. The van der Waals surface area contributed by atoms with Crippen LogP contribution in [0, 0.1) is 0 Å². The van der Waals surface area contributed by atoms with Crippen molar-refractivity contribution >= 4 is 0 Å². The Hall–Kier alpha value is -0.940. The van der Waals surface area contributed by atoms with E-state index in [1.165, 1.54) is 19.3 Å². The zero-order valence-electron chi connectivity index (χ0n) is 11.5. The topological polar surface area (TPSA) is 54.2 Å². The molecule has 1 saturated heterocycles. The third kappa shape index (κ3) is 4.07. The van der Waals surface area contributed by atoms with Gasteiger partial charge in [-0.1, -0.05) is 18.5 Å². The van der Waals surface area contributed by atoms with Gasteiger partial charge in [0.05, 0.1) is 6.54 Å². The van der Waals surface area contributed by atoms with Gasteiger partial charge >= 0.3 is 0 Å². The van der Waals surface area contributed by atoms with Crippen LogP contribution < -0.4 is 5.32 Å². The van der Waals surface area contributed by atoms with Gasteiger partial charge in [-0.05, 0) is 32.9 Å². The van der Waals surface area contributed by atoms with Gasteiger partial charge in [-0.25, -0.2) is 0 Å². The van der Waals surface area contributed by atoms with Crippen LogP contribution in [0.25, 0.3) is 0 Å². The maximum Gasteiger partial charge on any atom is 0.240 e. The molecule has 1 aliphatic rings. The second-order valence-electron chi connectivity index (χ2n) is 5.20. The minimum atomic E-state index is 0.613. The highest BCUT2D eigenvalue weighted by Crippen LogP contribution is 2.09. The largest absolute Gasteiger partial charge is 0.338 e. The molecule has 0 aliphatic carbocycles. The predicted molar refractivity (Wildman–Crippen MR) is 70.3 cm³/mol. The number of nitrogens with one attached hydrogen (secondary N) is 1. The fourth-order valence-electron chi connectivity index (χ4n) is 2.43. The molecule has 0 radical (unpaired) electrons. The Kier molecular flexibility index (Phi) is 5.13. The number of piperidine rings is 1. The van der Waals surface area contributed by atoms with Gasteiger partial charge in [0.15, 0.2) is 5.82 Å². The van der Waals surface area contributed by atoms with Crippen molar-refractivity contribution in [3.8, 4) is 0 Å². The molecule has 0 aromatic carbocycles. The fraction of sp³-hybridized carbons (Fsp3) is 0.846. The molecule has 0 spiro atoms. The van der Waals surface area contributed by atoms with E-state index >= 15 is 0 Å². The maximum absolute atomic E-state index is 5.25. The Morgan fingerprint density at radius 1 is 1.44 bits per heavy atom. The van der Waals surface area contributed by atoms with Gasteiger partial charge < -0.3 is 9.84 Å². The number of rotatable bonds is 6. The zero-order valence-corrected chi connectivity index (χ0v) is 11.5. The average molecular weight is 252 g/mol. The van der Waals surface area contributed by atoms with E-state index in [2.05, 4.69) is 34.3 Å². The minimum absolute atomic E-state index is 0.613. The number of nitrogens with zero attached hydrogens (tertiary/aromatic N) is 3. The van der Waals surface area contributed by atoms with Crippen molar-refractivity contribution in [1.82, 2.24) is 20.4 Å². The van der Waals surface area contributed by atoms with E-state index in [1.54, 1.807) is 0 Å². The van der Waals surface area contributed by atoms with Gasteiger partial charge in [0, 0.05) is 19.0 Å². The van der Waals surface area contributed by atoms with E-state index in [1.807, 2.05) is 0 Å². The molecule has 1 aromatic rings. The molecular formula is C13H24N4O. The smallest absolute Gasteiger partial charge is 0.240 e. The molecule has 2 rings (SSSR count). The molecule has 2 heterocycles. The average Bonchev–Trinajstić information content (AvgIpc) is 2.78. The van der Waals surface area contributed by atoms with Crippen LogP contribution in [0.15, 0.2) is 4.52 Å². The van der Waals surface area contributed by atoms with Crippen LogP contribution in [0.1, 0.15) is 44.3 Å². The quantitative estimate of drug-likeness (QED) is 0.833. The van der Waals surface area contributed by atoms with E-state index in [-0.39, 0.29) is 0 Å².